The minimum atomic E-state index is -1.29. The Kier molecular flexibility index (Phi) is 14.7. The van der Waals surface area contributed by atoms with E-state index >= 15 is 4.39 Å². The summed E-state index contributed by atoms with van der Waals surface area (Å²) in [4.78, 5) is 34.3. The number of aromatic nitrogens is 8. The fourth-order valence-electron chi connectivity index (χ4n) is 11.2. The van der Waals surface area contributed by atoms with Crippen LogP contribution in [-0.4, -0.2) is 95.3 Å². The van der Waals surface area contributed by atoms with Crippen molar-refractivity contribution in [2.45, 2.75) is 152 Å². The first-order valence-electron chi connectivity index (χ1n) is 25.9. The molecule has 2 aliphatic carbocycles. The number of carbonyl (C=O) groups excluding carboxylic acids is 2. The zero-order chi connectivity index (χ0) is 54.8. The van der Waals surface area contributed by atoms with Gasteiger partial charge in [-0.3, -0.25) is 9.59 Å². The number of halogens is 3. The molecule has 2 aromatic carbocycles. The van der Waals surface area contributed by atoms with Crippen molar-refractivity contribution >= 4 is 27.7 Å². The largest absolute Gasteiger partial charge is 0.380 e. The van der Waals surface area contributed by atoms with Crippen LogP contribution in [0, 0.1) is 35.8 Å². The number of aliphatic hydroxyl groups excluding tert-OH is 2. The summed E-state index contributed by atoms with van der Waals surface area (Å²) in [6, 6.07) is 9.77. The van der Waals surface area contributed by atoms with Crippen molar-refractivity contribution in [1.29, 1.82) is 0 Å². The van der Waals surface area contributed by atoms with Crippen molar-refractivity contribution in [2.75, 3.05) is 13.2 Å². The number of ether oxygens (including phenoxy) is 2. The van der Waals surface area contributed by atoms with Crippen molar-refractivity contribution in [3.05, 3.63) is 116 Å². The highest BCUT2D eigenvalue weighted by Crippen LogP contribution is 2.56. The van der Waals surface area contributed by atoms with E-state index in [9.17, 15) is 29.3 Å². The Labute approximate surface area is 451 Å². The predicted octanol–water partition coefficient (Wildman–Crippen LogP) is 7.67. The Balaban J connectivity index is 0.000000159. The maximum absolute atomic E-state index is 15.1. The summed E-state index contributed by atoms with van der Waals surface area (Å²) >= 11 is 3.27. The SMILES string of the molecule is C#CC(C)(C)O.CC(C)(O)C#Cc1cc2c(cc1F)C1CC(C1)n1c-2nc(C(N)=O)c1C(O)c1ccnn1C1CCCCO1.NC(=O)c1nc2n(c1C(O)c1ccnn1C1CCCCO1)C1CC(C1)c1cc(F)c(Br)cc1-2. The first-order valence-corrected chi connectivity index (χ1v) is 26.7. The van der Waals surface area contributed by atoms with Gasteiger partial charge < -0.3 is 50.5 Å². The normalized spacial score (nSPS) is 22.5. The molecule has 4 fully saturated rings. The Morgan fingerprint density at radius 1 is 0.727 bits per heavy atom. The van der Waals surface area contributed by atoms with Gasteiger partial charge >= 0.3 is 0 Å². The summed E-state index contributed by atoms with van der Waals surface area (Å²) in [6.07, 6.45) is 13.6. The number of nitrogens with two attached hydrogens (primary N) is 2. The van der Waals surface area contributed by atoms with Crippen LogP contribution >= 0.6 is 15.9 Å². The van der Waals surface area contributed by atoms with E-state index in [0.29, 0.717) is 70.5 Å². The second-order valence-electron chi connectivity index (χ2n) is 21.6. The highest BCUT2D eigenvalue weighted by Gasteiger charge is 2.45. The van der Waals surface area contributed by atoms with Crippen LogP contribution in [0.2, 0.25) is 0 Å². The first kappa shape index (κ1) is 53.8. The Morgan fingerprint density at radius 2 is 1.17 bits per heavy atom. The third kappa shape index (κ3) is 10.4. The molecule has 2 saturated heterocycles. The molecule has 10 heterocycles. The molecule has 8 N–H and O–H groups in total. The number of benzene rings is 2. The molecule has 0 spiro atoms. The van der Waals surface area contributed by atoms with Crippen molar-refractivity contribution in [3.8, 4) is 47.0 Å². The summed E-state index contributed by atoms with van der Waals surface area (Å²) in [6.45, 7) is 7.43. The van der Waals surface area contributed by atoms with Gasteiger partial charge in [0.25, 0.3) is 11.8 Å². The molecule has 21 heteroatoms. The maximum Gasteiger partial charge on any atom is 0.269 e. The van der Waals surface area contributed by atoms with Crippen LogP contribution in [0.1, 0.15) is 201 Å². The molecule has 2 amide bonds. The van der Waals surface area contributed by atoms with Gasteiger partial charge in [0.15, 0.2) is 23.8 Å². The van der Waals surface area contributed by atoms with Gasteiger partial charge in [-0.1, -0.05) is 17.8 Å². The van der Waals surface area contributed by atoms with E-state index in [-0.39, 0.29) is 59.1 Å². The molecular weight excluding hydrogens is 1060 g/mol. The summed E-state index contributed by atoms with van der Waals surface area (Å²) < 4.78 is 48.7. The number of aliphatic hydroxyl groups is 4. The fraction of sp³-hybridized carbons (Fsp3) is 0.464. The highest BCUT2D eigenvalue weighted by molar-refractivity contribution is 9.10. The van der Waals surface area contributed by atoms with Crippen molar-refractivity contribution in [1.82, 2.24) is 38.7 Å². The third-order valence-corrected chi connectivity index (χ3v) is 15.7. The lowest BCUT2D eigenvalue weighted by molar-refractivity contribution is -0.0439. The fourth-order valence-corrected chi connectivity index (χ4v) is 11.5. The lowest BCUT2D eigenvalue weighted by Crippen LogP contribution is -2.28. The minimum Gasteiger partial charge on any atom is -0.380 e. The number of hydrogen-bond donors (Lipinski definition) is 6. The van der Waals surface area contributed by atoms with Crippen LogP contribution in [0.5, 0.6) is 0 Å². The lowest BCUT2D eigenvalue weighted by atomic mass is 9.75. The molecule has 4 aromatic heterocycles. The smallest absolute Gasteiger partial charge is 0.269 e. The molecule has 6 aliphatic heterocycles. The Bertz CT molecular complexity index is 3360. The molecule has 0 radical (unpaired) electrons. The second-order valence-corrected chi connectivity index (χ2v) is 22.4. The number of rotatable bonds is 8. The van der Waals surface area contributed by atoms with Crippen LogP contribution in [0.4, 0.5) is 8.78 Å². The molecule has 77 heavy (non-hydrogen) atoms. The molecule has 14 rings (SSSR count). The van der Waals surface area contributed by atoms with Gasteiger partial charge in [0.05, 0.1) is 32.8 Å². The zero-order valence-electron chi connectivity index (χ0n) is 43.1. The molecule has 6 aromatic rings. The topological polar surface area (TPSA) is 257 Å². The third-order valence-electron chi connectivity index (χ3n) is 15.1. The summed E-state index contributed by atoms with van der Waals surface area (Å²) in [5.74, 6) is 6.56. The molecule has 4 atom stereocenters. The minimum absolute atomic E-state index is 0.0200. The molecule has 4 unspecified atom stereocenters. The summed E-state index contributed by atoms with van der Waals surface area (Å²) in [5, 5.41) is 50.7. The summed E-state index contributed by atoms with van der Waals surface area (Å²) in [5.41, 5.74) is 14.1. The van der Waals surface area contributed by atoms with Gasteiger partial charge in [-0.15, -0.1) is 6.42 Å². The van der Waals surface area contributed by atoms with Crippen molar-refractivity contribution < 1.29 is 48.3 Å². The van der Waals surface area contributed by atoms with Gasteiger partial charge in [-0.2, -0.15) is 10.2 Å². The molecule has 4 bridgehead atoms. The van der Waals surface area contributed by atoms with Crippen LogP contribution < -0.4 is 11.5 Å². The molecule has 404 valence electrons. The number of amides is 2. The van der Waals surface area contributed by atoms with Crippen LogP contribution in [0.25, 0.3) is 22.8 Å². The van der Waals surface area contributed by atoms with E-state index in [0.717, 1.165) is 68.1 Å². The molecular formula is C56H61BrF2N10O8. The predicted molar refractivity (Wildman–Crippen MR) is 281 cm³/mol. The van der Waals surface area contributed by atoms with E-state index < -0.39 is 41.0 Å². The Hall–Kier alpha value is -6.56. The average molecular weight is 1120 g/mol. The average Bonchev–Trinajstić information content (AvgIpc) is 4.18. The van der Waals surface area contributed by atoms with E-state index in [1.165, 1.54) is 19.9 Å². The standard InChI is InChI=1S/C28H30FN5O4.C23H23BrFN5O3.C5H8O/c1-28(2,37)8-6-15-13-19-18(14-20(15)29)16-11-17(12-16)33-24(23(26(30)36)32-27(19)33)25(35)21-7-9-31-34(21)22-5-3-4-10-38-22;24-15-9-14-13(10-16(15)25)11-7-12(8-11)29-20(19(22(26)32)28-23(14)29)21(31)17-4-5-27-30(17)18-3-1-2-6-33-18;1-4-5(2,3)6/h7,9,13-14,16-17,22,25,35,37H,3-5,10-12H2,1-2H3,(H2,30,36);4-5,9-12,18,21,31H,1-3,6-8H2,(H2,26,32);1,6H,2-3H3. The molecule has 18 nitrogen and oxygen atoms in total. The van der Waals surface area contributed by atoms with Crippen molar-refractivity contribution in [2.24, 2.45) is 11.5 Å². The number of primary amides is 2. The van der Waals surface area contributed by atoms with Gasteiger partial charge in [0, 0.05) is 48.8 Å². The van der Waals surface area contributed by atoms with Crippen LogP contribution in [0.15, 0.2) is 53.3 Å². The monoisotopic (exact) mass is 1120 g/mol. The zero-order valence-corrected chi connectivity index (χ0v) is 44.7. The number of nitrogens with zero attached hydrogens (tertiary/aromatic N) is 8. The highest BCUT2D eigenvalue weighted by atomic mass is 79.9. The van der Waals surface area contributed by atoms with E-state index in [1.54, 1.807) is 65.9 Å². The number of terminal acetylenes is 1. The van der Waals surface area contributed by atoms with E-state index in [2.05, 4.69) is 53.9 Å². The van der Waals surface area contributed by atoms with Gasteiger partial charge in [-0.05, 0) is 167 Å². The number of imidazole rings is 2. The molecule has 2 saturated carbocycles. The van der Waals surface area contributed by atoms with Gasteiger partial charge in [-0.25, -0.2) is 28.1 Å². The Morgan fingerprint density at radius 3 is 1.57 bits per heavy atom. The number of hydrogen-bond acceptors (Lipinski definition) is 12. The van der Waals surface area contributed by atoms with Gasteiger partial charge in [0.1, 0.15) is 46.7 Å². The van der Waals surface area contributed by atoms with Crippen LogP contribution in [0.3, 0.4) is 0 Å². The van der Waals surface area contributed by atoms with Crippen molar-refractivity contribution in [3.63, 3.8) is 0 Å². The van der Waals surface area contributed by atoms with E-state index in [4.69, 9.17) is 32.5 Å². The maximum atomic E-state index is 15.1. The van der Waals surface area contributed by atoms with Crippen LogP contribution in [-0.2, 0) is 9.47 Å². The molecule has 8 aliphatic rings. The quantitative estimate of drug-likeness (QED) is 0.0803. The second kappa shape index (κ2) is 21.0. The van der Waals surface area contributed by atoms with E-state index in [1.807, 2.05) is 9.13 Å². The first-order chi connectivity index (χ1) is 36.6. The lowest BCUT2D eigenvalue weighted by Gasteiger charge is -2.36. The summed E-state index contributed by atoms with van der Waals surface area (Å²) in [7, 11) is 0. The van der Waals surface area contributed by atoms with Gasteiger partial charge in [0.2, 0.25) is 0 Å². The number of carbonyl (C=O) groups is 2.